The maximum absolute atomic E-state index is 11.3. The van der Waals surface area contributed by atoms with Crippen LogP contribution >= 0.6 is 0 Å². The minimum atomic E-state index is -0.905. The average Bonchev–Trinajstić information content (AvgIpc) is 2.36. The molecule has 1 rings (SSSR count). The summed E-state index contributed by atoms with van der Waals surface area (Å²) in [5.74, 6) is -1.79. The number of aliphatic hydroxyl groups excluding tert-OH is 1. The minimum Gasteiger partial charge on any atom is -0.395 e. The predicted octanol–water partition coefficient (Wildman–Crippen LogP) is -0.358. The Morgan fingerprint density at radius 3 is 2.33 bits per heavy atom. The molecule has 0 radical (unpaired) electrons. The number of carbonyl (C=O) groups is 2. The quantitative estimate of drug-likeness (QED) is 0.384. The molecule has 0 saturated heterocycles. The number of anilines is 1. The summed E-state index contributed by atoms with van der Waals surface area (Å²) in [4.78, 5) is 32.3. The Bertz CT molecular complexity index is 457. The molecule has 0 fully saturated rings. The van der Waals surface area contributed by atoms with Gasteiger partial charge in [-0.2, -0.15) is 0 Å². The molecule has 1 aromatic rings. The van der Waals surface area contributed by atoms with Crippen molar-refractivity contribution in [2.75, 3.05) is 18.5 Å². The highest BCUT2D eigenvalue weighted by molar-refractivity contribution is 6.39. The van der Waals surface area contributed by atoms with Crippen LogP contribution in [-0.2, 0) is 9.59 Å². The van der Waals surface area contributed by atoms with Gasteiger partial charge in [-0.15, -0.1) is 0 Å². The smallest absolute Gasteiger partial charge is 0.313 e. The van der Waals surface area contributed by atoms with Crippen LogP contribution in [0.25, 0.3) is 0 Å². The van der Waals surface area contributed by atoms with Crippen molar-refractivity contribution in [2.24, 2.45) is 0 Å². The molecule has 1 aromatic carbocycles. The number of hydrogen-bond acceptors (Lipinski definition) is 5. The first-order valence-electron chi connectivity index (χ1n) is 4.99. The van der Waals surface area contributed by atoms with Crippen LogP contribution in [0.3, 0.4) is 0 Å². The number of carbonyl (C=O) groups excluding carboxylic acids is 2. The molecule has 0 atom stereocenters. The number of non-ortho nitro benzene ring substituents is 1. The van der Waals surface area contributed by atoms with Crippen molar-refractivity contribution in [1.82, 2.24) is 5.32 Å². The molecule has 8 heteroatoms. The van der Waals surface area contributed by atoms with Crippen LogP contribution in [0.1, 0.15) is 0 Å². The number of nitrogens with zero attached hydrogens (tertiary/aromatic N) is 1. The van der Waals surface area contributed by atoms with E-state index >= 15 is 0 Å². The number of hydrogen-bond donors (Lipinski definition) is 3. The molecule has 0 spiro atoms. The largest absolute Gasteiger partial charge is 0.395 e. The molecule has 0 heterocycles. The molecule has 0 aliphatic rings. The average molecular weight is 253 g/mol. The zero-order valence-electron chi connectivity index (χ0n) is 9.25. The summed E-state index contributed by atoms with van der Waals surface area (Å²) in [7, 11) is 0. The van der Waals surface area contributed by atoms with Crippen molar-refractivity contribution in [3.63, 3.8) is 0 Å². The van der Waals surface area contributed by atoms with E-state index < -0.39 is 16.7 Å². The summed E-state index contributed by atoms with van der Waals surface area (Å²) in [6, 6.07) is 5.05. The van der Waals surface area contributed by atoms with Crippen molar-refractivity contribution in [2.45, 2.75) is 0 Å². The summed E-state index contributed by atoms with van der Waals surface area (Å²) in [6.45, 7) is -0.289. The molecule has 0 unspecified atom stereocenters. The summed E-state index contributed by atoms with van der Waals surface area (Å²) in [6.07, 6.45) is 0. The zero-order valence-corrected chi connectivity index (χ0v) is 9.25. The molecule has 8 nitrogen and oxygen atoms in total. The Morgan fingerprint density at radius 1 is 1.22 bits per heavy atom. The van der Waals surface area contributed by atoms with Gasteiger partial charge in [0.15, 0.2) is 0 Å². The molecule has 0 saturated carbocycles. The molecule has 18 heavy (non-hydrogen) atoms. The fraction of sp³-hybridized carbons (Fsp3) is 0.200. The van der Waals surface area contributed by atoms with Crippen molar-refractivity contribution in [3.8, 4) is 0 Å². The second-order valence-electron chi connectivity index (χ2n) is 3.24. The summed E-state index contributed by atoms with van der Waals surface area (Å²) < 4.78 is 0. The zero-order chi connectivity index (χ0) is 13.5. The number of nitro groups is 1. The molecule has 0 aliphatic carbocycles. The van der Waals surface area contributed by atoms with Gasteiger partial charge in [-0.3, -0.25) is 19.7 Å². The second kappa shape index (κ2) is 6.30. The molecule has 0 bridgehead atoms. The normalized spacial score (nSPS) is 9.61. The Balaban J connectivity index is 2.59. The van der Waals surface area contributed by atoms with E-state index in [0.717, 1.165) is 0 Å². The Morgan fingerprint density at radius 2 is 1.83 bits per heavy atom. The third-order valence-corrected chi connectivity index (χ3v) is 1.94. The molecule has 2 amide bonds. The second-order valence-corrected chi connectivity index (χ2v) is 3.24. The van der Waals surface area contributed by atoms with E-state index in [0.29, 0.717) is 0 Å². The number of rotatable bonds is 4. The van der Waals surface area contributed by atoms with Crippen LogP contribution in [0.4, 0.5) is 11.4 Å². The third kappa shape index (κ3) is 3.83. The van der Waals surface area contributed by atoms with Gasteiger partial charge in [-0.25, -0.2) is 0 Å². The third-order valence-electron chi connectivity index (χ3n) is 1.94. The Hall–Kier alpha value is -2.48. The van der Waals surface area contributed by atoms with Crippen LogP contribution < -0.4 is 10.6 Å². The highest BCUT2D eigenvalue weighted by atomic mass is 16.6. The van der Waals surface area contributed by atoms with Gasteiger partial charge in [0.1, 0.15) is 0 Å². The monoisotopic (exact) mass is 253 g/mol. The maximum atomic E-state index is 11.3. The first-order chi connectivity index (χ1) is 8.54. The summed E-state index contributed by atoms with van der Waals surface area (Å²) >= 11 is 0. The van der Waals surface area contributed by atoms with Crippen molar-refractivity contribution in [3.05, 3.63) is 34.4 Å². The summed E-state index contributed by atoms with van der Waals surface area (Å²) in [5.41, 5.74) is 0.155. The van der Waals surface area contributed by atoms with Crippen molar-refractivity contribution in [1.29, 1.82) is 0 Å². The number of benzene rings is 1. The SMILES string of the molecule is O=C(NCCO)C(=O)Nc1ccc([N+](=O)[O-])cc1. The highest BCUT2D eigenvalue weighted by Gasteiger charge is 2.13. The standard InChI is InChI=1S/C10H11N3O5/c14-6-5-11-9(15)10(16)12-7-1-3-8(4-2-7)13(17)18/h1-4,14H,5-6H2,(H,11,15)(H,12,16). The van der Waals surface area contributed by atoms with Gasteiger partial charge in [0.2, 0.25) is 0 Å². The van der Waals surface area contributed by atoms with Crippen LogP contribution in [0.5, 0.6) is 0 Å². The molecule has 0 aromatic heterocycles. The Labute approximate surface area is 102 Å². The van der Waals surface area contributed by atoms with Gasteiger partial charge in [-0.1, -0.05) is 0 Å². The van der Waals surface area contributed by atoms with Gasteiger partial charge in [0.05, 0.1) is 11.5 Å². The van der Waals surface area contributed by atoms with E-state index in [1.807, 2.05) is 0 Å². The molecule has 96 valence electrons. The molecule has 3 N–H and O–H groups in total. The van der Waals surface area contributed by atoms with Gasteiger partial charge in [-0.05, 0) is 12.1 Å². The minimum absolute atomic E-state index is 0.0213. The van der Waals surface area contributed by atoms with E-state index in [4.69, 9.17) is 5.11 Å². The van der Waals surface area contributed by atoms with Gasteiger partial charge in [0, 0.05) is 24.4 Å². The van der Waals surface area contributed by atoms with E-state index in [-0.39, 0.29) is 24.5 Å². The maximum Gasteiger partial charge on any atom is 0.313 e. The number of nitro benzene ring substituents is 1. The number of nitrogens with one attached hydrogen (secondary N) is 2. The van der Waals surface area contributed by atoms with Gasteiger partial charge in [0.25, 0.3) is 5.69 Å². The lowest BCUT2D eigenvalue weighted by molar-refractivity contribution is -0.384. The van der Waals surface area contributed by atoms with E-state index in [1.165, 1.54) is 24.3 Å². The summed E-state index contributed by atoms with van der Waals surface area (Å²) in [5, 5.41) is 23.3. The van der Waals surface area contributed by atoms with Crippen LogP contribution in [-0.4, -0.2) is 35.0 Å². The molecular formula is C10H11N3O5. The van der Waals surface area contributed by atoms with Crippen molar-refractivity contribution >= 4 is 23.2 Å². The topological polar surface area (TPSA) is 122 Å². The number of amides is 2. The van der Waals surface area contributed by atoms with Crippen molar-refractivity contribution < 1.29 is 19.6 Å². The fourth-order valence-electron chi connectivity index (χ4n) is 1.10. The lowest BCUT2D eigenvalue weighted by Gasteiger charge is -2.04. The lowest BCUT2D eigenvalue weighted by atomic mass is 10.3. The number of aliphatic hydroxyl groups is 1. The fourth-order valence-corrected chi connectivity index (χ4v) is 1.10. The Kier molecular flexibility index (Phi) is 4.76. The first-order valence-corrected chi connectivity index (χ1v) is 4.99. The van der Waals surface area contributed by atoms with E-state index in [1.54, 1.807) is 0 Å². The predicted molar refractivity (Wildman–Crippen MR) is 61.8 cm³/mol. The van der Waals surface area contributed by atoms with E-state index in [2.05, 4.69) is 10.6 Å². The van der Waals surface area contributed by atoms with Crippen LogP contribution in [0, 0.1) is 10.1 Å². The van der Waals surface area contributed by atoms with Crippen LogP contribution in [0.15, 0.2) is 24.3 Å². The van der Waals surface area contributed by atoms with Crippen LogP contribution in [0.2, 0.25) is 0 Å². The lowest BCUT2D eigenvalue weighted by Crippen LogP contribution is -2.36. The molecular weight excluding hydrogens is 242 g/mol. The van der Waals surface area contributed by atoms with Gasteiger partial charge >= 0.3 is 11.8 Å². The first kappa shape index (κ1) is 13.6. The highest BCUT2D eigenvalue weighted by Crippen LogP contribution is 2.15. The molecule has 0 aliphatic heterocycles. The van der Waals surface area contributed by atoms with Gasteiger partial charge < -0.3 is 15.7 Å². The van der Waals surface area contributed by atoms with E-state index in [9.17, 15) is 19.7 Å².